The van der Waals surface area contributed by atoms with Crippen LogP contribution in [0.2, 0.25) is 0 Å². The van der Waals surface area contributed by atoms with E-state index in [1.54, 1.807) is 0 Å². The van der Waals surface area contributed by atoms with E-state index in [0.29, 0.717) is 25.4 Å². The third-order valence-electron chi connectivity index (χ3n) is 5.81. The van der Waals surface area contributed by atoms with Crippen molar-refractivity contribution in [3.63, 3.8) is 0 Å². The van der Waals surface area contributed by atoms with Gasteiger partial charge in [0.2, 0.25) is 5.91 Å². The van der Waals surface area contributed by atoms with Crippen LogP contribution in [0.1, 0.15) is 65.2 Å². The van der Waals surface area contributed by atoms with Crippen LogP contribution >= 0.6 is 0 Å². The predicted octanol–water partition coefficient (Wildman–Crippen LogP) is 2.36. The van der Waals surface area contributed by atoms with E-state index in [9.17, 15) is 4.79 Å². The van der Waals surface area contributed by atoms with Crippen molar-refractivity contribution < 1.29 is 4.79 Å². The van der Waals surface area contributed by atoms with Gasteiger partial charge in [0.15, 0.2) is 5.96 Å². The molecule has 0 aromatic rings. The molecule has 1 saturated carbocycles. The first-order valence-electron chi connectivity index (χ1n) is 11.2. The van der Waals surface area contributed by atoms with Crippen LogP contribution in [0.25, 0.3) is 0 Å². The van der Waals surface area contributed by atoms with Gasteiger partial charge in [-0.15, -0.1) is 0 Å². The number of likely N-dealkylation sites (tertiary alicyclic amines) is 1. The van der Waals surface area contributed by atoms with Crippen LogP contribution in [0.15, 0.2) is 4.99 Å². The largest absolute Gasteiger partial charge is 0.357 e. The maximum Gasteiger partial charge on any atom is 0.220 e. The summed E-state index contributed by atoms with van der Waals surface area (Å²) in [6.07, 6.45) is 9.49. The van der Waals surface area contributed by atoms with Crippen molar-refractivity contribution in [1.29, 1.82) is 0 Å². The van der Waals surface area contributed by atoms with Gasteiger partial charge < -0.3 is 20.9 Å². The van der Waals surface area contributed by atoms with Crippen molar-refractivity contribution in [3.05, 3.63) is 0 Å². The summed E-state index contributed by atoms with van der Waals surface area (Å²) in [4.78, 5) is 19.2. The molecule has 0 aromatic carbocycles. The van der Waals surface area contributed by atoms with Crippen molar-refractivity contribution in [3.8, 4) is 0 Å². The smallest absolute Gasteiger partial charge is 0.220 e. The number of guanidine groups is 1. The monoisotopic (exact) mass is 379 g/mol. The highest BCUT2D eigenvalue weighted by Gasteiger charge is 2.18. The normalized spacial score (nSPS) is 20.0. The van der Waals surface area contributed by atoms with Crippen molar-refractivity contribution in [1.82, 2.24) is 20.9 Å². The Kier molecular flexibility index (Phi) is 10.6. The highest BCUT2D eigenvalue weighted by molar-refractivity contribution is 5.80. The summed E-state index contributed by atoms with van der Waals surface area (Å²) in [6.45, 7) is 11.1. The van der Waals surface area contributed by atoms with Crippen LogP contribution in [-0.4, -0.2) is 62.6 Å². The highest BCUT2D eigenvalue weighted by Crippen LogP contribution is 2.27. The van der Waals surface area contributed by atoms with Gasteiger partial charge in [-0.3, -0.25) is 9.79 Å². The van der Waals surface area contributed by atoms with Gasteiger partial charge in [-0.1, -0.05) is 19.8 Å². The zero-order valence-corrected chi connectivity index (χ0v) is 17.6. The van der Waals surface area contributed by atoms with Crippen LogP contribution < -0.4 is 16.0 Å². The summed E-state index contributed by atoms with van der Waals surface area (Å²) < 4.78 is 0. The summed E-state index contributed by atoms with van der Waals surface area (Å²) in [5.74, 6) is 2.55. The second-order valence-corrected chi connectivity index (χ2v) is 8.27. The first kappa shape index (κ1) is 22.0. The molecule has 1 aliphatic carbocycles. The summed E-state index contributed by atoms with van der Waals surface area (Å²) in [5, 5.41) is 9.64. The molecule has 6 nitrogen and oxygen atoms in total. The van der Waals surface area contributed by atoms with E-state index in [4.69, 9.17) is 0 Å². The SMILES string of the molecule is CCNC(=NCCCN1CCC(C)CC1)NCCNC(=O)CC1CCCC1. The standard InChI is InChI=1S/C21H41N5O/c1-3-22-21(24-11-6-14-26-15-9-18(2)10-16-26)25-13-12-23-20(27)17-19-7-4-5-8-19/h18-19H,3-17H2,1-2H3,(H,23,27)(H2,22,24,25). The third-order valence-corrected chi connectivity index (χ3v) is 5.81. The molecule has 1 heterocycles. The Morgan fingerprint density at radius 2 is 1.74 bits per heavy atom. The Labute approximate surface area is 165 Å². The minimum Gasteiger partial charge on any atom is -0.357 e. The molecule has 0 bridgehead atoms. The number of amides is 1. The maximum atomic E-state index is 12.0. The maximum absolute atomic E-state index is 12.0. The molecule has 1 aliphatic heterocycles. The van der Waals surface area contributed by atoms with E-state index in [1.165, 1.54) is 51.6 Å². The van der Waals surface area contributed by atoms with Crippen LogP contribution in [0.3, 0.4) is 0 Å². The van der Waals surface area contributed by atoms with E-state index in [0.717, 1.165) is 37.9 Å². The molecule has 0 aromatic heterocycles. The number of rotatable bonds is 10. The van der Waals surface area contributed by atoms with E-state index in [-0.39, 0.29) is 5.91 Å². The molecule has 1 amide bonds. The zero-order valence-electron chi connectivity index (χ0n) is 17.6. The van der Waals surface area contributed by atoms with Crippen molar-refractivity contribution in [2.45, 2.75) is 65.2 Å². The fourth-order valence-corrected chi connectivity index (χ4v) is 4.04. The molecule has 0 unspecified atom stereocenters. The average molecular weight is 380 g/mol. The van der Waals surface area contributed by atoms with E-state index in [2.05, 4.69) is 39.7 Å². The second-order valence-electron chi connectivity index (χ2n) is 8.27. The molecule has 6 heteroatoms. The summed E-state index contributed by atoms with van der Waals surface area (Å²) in [6, 6.07) is 0. The quantitative estimate of drug-likeness (QED) is 0.310. The lowest BCUT2D eigenvalue weighted by Crippen LogP contribution is -2.41. The summed E-state index contributed by atoms with van der Waals surface area (Å²) in [5.41, 5.74) is 0. The highest BCUT2D eigenvalue weighted by atomic mass is 16.1. The number of aliphatic imine (C=N–C) groups is 1. The number of carbonyl (C=O) groups is 1. The van der Waals surface area contributed by atoms with Crippen molar-refractivity contribution in [2.24, 2.45) is 16.8 Å². The Morgan fingerprint density at radius 1 is 1.04 bits per heavy atom. The van der Waals surface area contributed by atoms with E-state index >= 15 is 0 Å². The molecule has 0 radical (unpaired) electrons. The molecule has 1 saturated heterocycles. The molecule has 156 valence electrons. The number of hydrogen-bond acceptors (Lipinski definition) is 3. The number of nitrogens with zero attached hydrogens (tertiary/aromatic N) is 2. The lowest BCUT2D eigenvalue weighted by molar-refractivity contribution is -0.121. The molecular weight excluding hydrogens is 338 g/mol. The Morgan fingerprint density at radius 3 is 2.44 bits per heavy atom. The van der Waals surface area contributed by atoms with Gasteiger partial charge in [0.25, 0.3) is 0 Å². The van der Waals surface area contributed by atoms with Gasteiger partial charge in [0.05, 0.1) is 0 Å². The number of carbonyl (C=O) groups excluding carboxylic acids is 1. The van der Waals surface area contributed by atoms with Crippen molar-refractivity contribution in [2.75, 3.05) is 45.8 Å². The average Bonchev–Trinajstić information content (AvgIpc) is 3.16. The van der Waals surface area contributed by atoms with Crippen molar-refractivity contribution >= 4 is 11.9 Å². The van der Waals surface area contributed by atoms with E-state index < -0.39 is 0 Å². The summed E-state index contributed by atoms with van der Waals surface area (Å²) in [7, 11) is 0. The Hall–Kier alpha value is -1.30. The van der Waals surface area contributed by atoms with E-state index in [1.807, 2.05) is 0 Å². The predicted molar refractivity (Wildman–Crippen MR) is 113 cm³/mol. The van der Waals surface area contributed by atoms with Crippen LogP contribution in [0.5, 0.6) is 0 Å². The van der Waals surface area contributed by atoms with Crippen LogP contribution in [-0.2, 0) is 4.79 Å². The fourth-order valence-electron chi connectivity index (χ4n) is 4.04. The lowest BCUT2D eigenvalue weighted by atomic mass is 9.99. The molecule has 2 aliphatic rings. The van der Waals surface area contributed by atoms with Gasteiger partial charge in [0, 0.05) is 32.6 Å². The van der Waals surface area contributed by atoms with Gasteiger partial charge in [-0.05, 0) is 70.5 Å². The Bertz CT molecular complexity index is 440. The zero-order chi connectivity index (χ0) is 19.3. The molecule has 2 rings (SSSR count). The molecule has 0 atom stereocenters. The summed E-state index contributed by atoms with van der Waals surface area (Å²) >= 11 is 0. The molecule has 2 fully saturated rings. The molecule has 27 heavy (non-hydrogen) atoms. The molecule has 3 N–H and O–H groups in total. The minimum atomic E-state index is 0.196. The van der Waals surface area contributed by atoms with Gasteiger partial charge in [-0.2, -0.15) is 0 Å². The van der Waals surface area contributed by atoms with Crippen LogP contribution in [0.4, 0.5) is 0 Å². The number of piperidine rings is 1. The minimum absolute atomic E-state index is 0.196. The number of nitrogens with one attached hydrogen (secondary N) is 3. The first-order valence-corrected chi connectivity index (χ1v) is 11.2. The first-order chi connectivity index (χ1) is 13.2. The fraction of sp³-hybridized carbons (Fsp3) is 0.905. The van der Waals surface area contributed by atoms with Gasteiger partial charge >= 0.3 is 0 Å². The number of hydrogen-bond donors (Lipinski definition) is 3. The second kappa shape index (κ2) is 13.0. The topological polar surface area (TPSA) is 68.8 Å². The third kappa shape index (κ3) is 9.45. The van der Waals surface area contributed by atoms with Crippen LogP contribution in [0, 0.1) is 11.8 Å². The van der Waals surface area contributed by atoms with Gasteiger partial charge in [-0.25, -0.2) is 0 Å². The van der Waals surface area contributed by atoms with Gasteiger partial charge in [0.1, 0.15) is 0 Å². The molecular formula is C21H41N5O. The Balaban J connectivity index is 1.55. The lowest BCUT2D eigenvalue weighted by Gasteiger charge is -2.29. The molecule has 0 spiro atoms.